The maximum absolute atomic E-state index is 12.2. The van der Waals surface area contributed by atoms with Gasteiger partial charge in [0.2, 0.25) is 0 Å². The first-order valence-electron chi connectivity index (χ1n) is 5.75. The van der Waals surface area contributed by atoms with Gasteiger partial charge in [-0.05, 0) is 18.2 Å². The maximum atomic E-state index is 12.2. The standard InChI is InChI=1S/C13H18N2O4/c1-15(7-6-12(16)19-3)13(17)10-8-9(18-2)4-5-11(10)14/h4-5,8H,6-7,14H2,1-3H3. The van der Waals surface area contributed by atoms with E-state index in [-0.39, 0.29) is 24.8 Å². The summed E-state index contributed by atoms with van der Waals surface area (Å²) in [6.07, 6.45) is 0.141. The van der Waals surface area contributed by atoms with Crippen molar-refractivity contribution in [2.45, 2.75) is 6.42 Å². The summed E-state index contributed by atoms with van der Waals surface area (Å²) in [5, 5.41) is 0. The molecule has 0 saturated carbocycles. The summed E-state index contributed by atoms with van der Waals surface area (Å²) >= 11 is 0. The van der Waals surface area contributed by atoms with Crippen LogP contribution < -0.4 is 10.5 Å². The first kappa shape index (κ1) is 14.8. The highest BCUT2D eigenvalue weighted by atomic mass is 16.5. The van der Waals surface area contributed by atoms with Crippen molar-refractivity contribution >= 4 is 17.6 Å². The van der Waals surface area contributed by atoms with E-state index in [0.717, 1.165) is 0 Å². The van der Waals surface area contributed by atoms with Crippen LogP contribution in [0.2, 0.25) is 0 Å². The Morgan fingerprint density at radius 2 is 2.00 bits per heavy atom. The highest BCUT2D eigenvalue weighted by Gasteiger charge is 2.16. The molecule has 0 bridgehead atoms. The molecule has 1 rings (SSSR count). The quantitative estimate of drug-likeness (QED) is 0.633. The number of rotatable bonds is 5. The van der Waals surface area contributed by atoms with Crippen molar-refractivity contribution in [3.05, 3.63) is 23.8 Å². The third kappa shape index (κ3) is 3.87. The Hall–Kier alpha value is -2.24. The summed E-state index contributed by atoms with van der Waals surface area (Å²) in [7, 11) is 4.43. The Morgan fingerprint density at radius 1 is 1.32 bits per heavy atom. The fraction of sp³-hybridized carbons (Fsp3) is 0.385. The van der Waals surface area contributed by atoms with E-state index in [0.29, 0.717) is 17.0 Å². The van der Waals surface area contributed by atoms with Crippen LogP contribution in [0.4, 0.5) is 5.69 Å². The second-order valence-corrected chi connectivity index (χ2v) is 4.01. The van der Waals surface area contributed by atoms with Crippen LogP contribution in [0.3, 0.4) is 0 Å². The zero-order valence-electron chi connectivity index (χ0n) is 11.3. The average Bonchev–Trinajstić information content (AvgIpc) is 2.44. The highest BCUT2D eigenvalue weighted by molar-refractivity contribution is 5.99. The topological polar surface area (TPSA) is 81.9 Å². The van der Waals surface area contributed by atoms with E-state index in [4.69, 9.17) is 10.5 Å². The summed E-state index contributed by atoms with van der Waals surface area (Å²) in [5.74, 6) is -0.0718. The number of nitrogens with zero attached hydrogens (tertiary/aromatic N) is 1. The first-order valence-corrected chi connectivity index (χ1v) is 5.75. The molecule has 0 spiro atoms. The molecule has 1 aromatic carbocycles. The summed E-state index contributed by atoms with van der Waals surface area (Å²) in [4.78, 5) is 24.6. The zero-order chi connectivity index (χ0) is 14.4. The van der Waals surface area contributed by atoms with Crippen LogP contribution in [0.1, 0.15) is 16.8 Å². The van der Waals surface area contributed by atoms with Gasteiger partial charge in [-0.3, -0.25) is 9.59 Å². The van der Waals surface area contributed by atoms with Gasteiger partial charge < -0.3 is 20.1 Å². The molecule has 0 heterocycles. The van der Waals surface area contributed by atoms with Crippen molar-refractivity contribution in [1.29, 1.82) is 0 Å². The number of nitrogens with two attached hydrogens (primary N) is 1. The largest absolute Gasteiger partial charge is 0.497 e. The Bertz CT molecular complexity index is 474. The highest BCUT2D eigenvalue weighted by Crippen LogP contribution is 2.20. The van der Waals surface area contributed by atoms with E-state index in [9.17, 15) is 9.59 Å². The van der Waals surface area contributed by atoms with Gasteiger partial charge in [0.15, 0.2) is 0 Å². The summed E-state index contributed by atoms with van der Waals surface area (Å²) in [6, 6.07) is 4.87. The molecule has 0 aliphatic heterocycles. The Labute approximate surface area is 112 Å². The SMILES string of the molecule is COC(=O)CCN(C)C(=O)c1cc(OC)ccc1N. The number of carbonyl (C=O) groups excluding carboxylic acids is 2. The summed E-state index contributed by atoms with van der Waals surface area (Å²) < 4.78 is 9.58. The number of benzene rings is 1. The van der Waals surface area contributed by atoms with Crippen LogP contribution in [0, 0.1) is 0 Å². The second-order valence-electron chi connectivity index (χ2n) is 4.01. The van der Waals surface area contributed by atoms with Crippen LogP contribution in [0.5, 0.6) is 5.75 Å². The Balaban J connectivity index is 2.78. The van der Waals surface area contributed by atoms with E-state index in [1.54, 1.807) is 25.2 Å². The van der Waals surface area contributed by atoms with Gasteiger partial charge in [-0.15, -0.1) is 0 Å². The van der Waals surface area contributed by atoms with E-state index < -0.39 is 0 Å². The van der Waals surface area contributed by atoms with Gasteiger partial charge >= 0.3 is 5.97 Å². The lowest BCUT2D eigenvalue weighted by Crippen LogP contribution is -2.29. The van der Waals surface area contributed by atoms with E-state index >= 15 is 0 Å². The molecule has 0 radical (unpaired) electrons. The molecule has 0 aliphatic carbocycles. The minimum atomic E-state index is -0.363. The first-order chi connectivity index (χ1) is 8.99. The molecule has 6 nitrogen and oxygen atoms in total. The summed E-state index contributed by atoms with van der Waals surface area (Å²) in [6.45, 7) is 0.266. The number of esters is 1. The van der Waals surface area contributed by atoms with E-state index in [1.165, 1.54) is 19.1 Å². The van der Waals surface area contributed by atoms with Crippen molar-refractivity contribution in [2.75, 3.05) is 33.5 Å². The van der Waals surface area contributed by atoms with Crippen LogP contribution in [0.15, 0.2) is 18.2 Å². The molecule has 104 valence electrons. The molecule has 19 heavy (non-hydrogen) atoms. The second kappa shape index (κ2) is 6.63. The van der Waals surface area contributed by atoms with Gasteiger partial charge in [0, 0.05) is 19.3 Å². The Kier molecular flexibility index (Phi) is 5.17. The van der Waals surface area contributed by atoms with E-state index in [2.05, 4.69) is 4.74 Å². The van der Waals surface area contributed by atoms with Crippen molar-refractivity contribution in [2.24, 2.45) is 0 Å². The Morgan fingerprint density at radius 3 is 2.58 bits per heavy atom. The molecular formula is C13H18N2O4. The van der Waals surface area contributed by atoms with Crippen molar-refractivity contribution < 1.29 is 19.1 Å². The number of carbonyl (C=O) groups is 2. The van der Waals surface area contributed by atoms with Gasteiger partial charge in [0.25, 0.3) is 5.91 Å². The minimum Gasteiger partial charge on any atom is -0.497 e. The number of ether oxygens (including phenoxy) is 2. The third-order valence-corrected chi connectivity index (χ3v) is 2.72. The predicted molar refractivity (Wildman–Crippen MR) is 71.0 cm³/mol. The molecule has 1 amide bonds. The molecule has 0 saturated heterocycles. The minimum absolute atomic E-state index is 0.141. The number of hydrogen-bond donors (Lipinski definition) is 1. The van der Waals surface area contributed by atoms with Crippen molar-refractivity contribution in [3.8, 4) is 5.75 Å². The smallest absolute Gasteiger partial charge is 0.307 e. The molecule has 1 aromatic rings. The lowest BCUT2D eigenvalue weighted by Gasteiger charge is -2.18. The lowest BCUT2D eigenvalue weighted by molar-refractivity contribution is -0.140. The van der Waals surface area contributed by atoms with Gasteiger partial charge in [-0.1, -0.05) is 0 Å². The fourth-order valence-corrected chi connectivity index (χ4v) is 1.52. The van der Waals surface area contributed by atoms with Gasteiger partial charge in [0.1, 0.15) is 5.75 Å². The average molecular weight is 266 g/mol. The predicted octanol–water partition coefficient (Wildman–Crippen LogP) is 0.912. The maximum Gasteiger partial charge on any atom is 0.307 e. The van der Waals surface area contributed by atoms with Crippen LogP contribution in [-0.2, 0) is 9.53 Å². The number of nitrogen functional groups attached to an aromatic ring is 1. The fourth-order valence-electron chi connectivity index (χ4n) is 1.52. The molecule has 0 atom stereocenters. The van der Waals surface area contributed by atoms with Crippen molar-refractivity contribution in [3.63, 3.8) is 0 Å². The normalized spacial score (nSPS) is 9.84. The van der Waals surface area contributed by atoms with Gasteiger partial charge in [-0.2, -0.15) is 0 Å². The van der Waals surface area contributed by atoms with Gasteiger partial charge in [0.05, 0.1) is 26.2 Å². The monoisotopic (exact) mass is 266 g/mol. The lowest BCUT2D eigenvalue weighted by atomic mass is 10.1. The van der Waals surface area contributed by atoms with Crippen LogP contribution in [-0.4, -0.2) is 44.6 Å². The van der Waals surface area contributed by atoms with Crippen LogP contribution in [0.25, 0.3) is 0 Å². The number of hydrogen-bond acceptors (Lipinski definition) is 5. The molecule has 0 fully saturated rings. The summed E-state index contributed by atoms with van der Waals surface area (Å²) in [5.41, 5.74) is 6.49. The zero-order valence-corrected chi connectivity index (χ0v) is 11.3. The molecule has 0 unspecified atom stereocenters. The molecular weight excluding hydrogens is 248 g/mol. The van der Waals surface area contributed by atoms with Crippen molar-refractivity contribution in [1.82, 2.24) is 4.90 Å². The molecule has 6 heteroatoms. The van der Waals surface area contributed by atoms with E-state index in [1.807, 2.05) is 0 Å². The molecule has 0 aliphatic rings. The third-order valence-electron chi connectivity index (χ3n) is 2.72. The van der Waals surface area contributed by atoms with Gasteiger partial charge in [-0.25, -0.2) is 0 Å². The number of anilines is 1. The molecule has 0 aromatic heterocycles. The molecule has 2 N–H and O–H groups in total. The number of amides is 1. The van der Waals surface area contributed by atoms with Crippen LogP contribution >= 0.6 is 0 Å². The number of methoxy groups -OCH3 is 2.